The minimum Gasteiger partial charge on any atom is -0.310 e. The minimum atomic E-state index is -3.31. The van der Waals surface area contributed by atoms with E-state index in [1.54, 1.807) is 0 Å². The van der Waals surface area contributed by atoms with Gasteiger partial charge in [-0.1, -0.05) is 0 Å². The standard InChI is InChI=1S/C8H19N3O2S/c1-6-4-5-8(7(2)10-6)11-14(12,13)9-3/h6-11H,4-5H2,1-3H3. The van der Waals surface area contributed by atoms with Gasteiger partial charge in [0.1, 0.15) is 0 Å². The van der Waals surface area contributed by atoms with Crippen LogP contribution in [0.25, 0.3) is 0 Å². The van der Waals surface area contributed by atoms with Crippen molar-refractivity contribution in [2.45, 2.75) is 44.8 Å². The highest BCUT2D eigenvalue weighted by molar-refractivity contribution is 7.87. The number of hydrogen-bond acceptors (Lipinski definition) is 3. The summed E-state index contributed by atoms with van der Waals surface area (Å²) in [7, 11) is -1.90. The molecule has 3 N–H and O–H groups in total. The second kappa shape index (κ2) is 4.57. The fraction of sp³-hybridized carbons (Fsp3) is 1.00. The van der Waals surface area contributed by atoms with E-state index in [1.807, 2.05) is 6.92 Å². The maximum atomic E-state index is 11.2. The highest BCUT2D eigenvalue weighted by atomic mass is 32.2. The molecule has 1 rings (SSSR count). The van der Waals surface area contributed by atoms with Gasteiger partial charge in [-0.05, 0) is 26.7 Å². The summed E-state index contributed by atoms with van der Waals surface area (Å²) in [6.45, 7) is 4.11. The van der Waals surface area contributed by atoms with Crippen LogP contribution in [-0.4, -0.2) is 33.6 Å². The summed E-state index contributed by atoms with van der Waals surface area (Å²) in [6.07, 6.45) is 1.89. The first kappa shape index (κ1) is 11.9. The van der Waals surface area contributed by atoms with Gasteiger partial charge < -0.3 is 5.32 Å². The number of piperidine rings is 1. The molecule has 0 bridgehead atoms. The van der Waals surface area contributed by atoms with Gasteiger partial charge in [-0.15, -0.1) is 0 Å². The molecular weight excluding hydrogens is 202 g/mol. The Kier molecular flexibility index (Phi) is 3.88. The van der Waals surface area contributed by atoms with Gasteiger partial charge in [0.2, 0.25) is 0 Å². The largest absolute Gasteiger partial charge is 0.310 e. The van der Waals surface area contributed by atoms with E-state index >= 15 is 0 Å². The highest BCUT2D eigenvalue weighted by Gasteiger charge is 2.27. The summed E-state index contributed by atoms with van der Waals surface area (Å²) < 4.78 is 27.4. The highest BCUT2D eigenvalue weighted by Crippen LogP contribution is 2.13. The van der Waals surface area contributed by atoms with Crippen LogP contribution in [0.4, 0.5) is 0 Å². The Bertz CT molecular complexity index is 278. The van der Waals surface area contributed by atoms with E-state index in [1.165, 1.54) is 7.05 Å². The topological polar surface area (TPSA) is 70.2 Å². The van der Waals surface area contributed by atoms with Crippen LogP contribution in [0.3, 0.4) is 0 Å². The van der Waals surface area contributed by atoms with Crippen LogP contribution in [0, 0.1) is 0 Å². The molecule has 3 unspecified atom stereocenters. The van der Waals surface area contributed by atoms with E-state index in [0.29, 0.717) is 6.04 Å². The average molecular weight is 221 g/mol. The zero-order chi connectivity index (χ0) is 10.8. The summed E-state index contributed by atoms with van der Waals surface area (Å²) in [6, 6.07) is 0.644. The van der Waals surface area contributed by atoms with Gasteiger partial charge in [-0.25, -0.2) is 4.72 Å². The van der Waals surface area contributed by atoms with Crippen molar-refractivity contribution in [2.24, 2.45) is 0 Å². The zero-order valence-corrected chi connectivity index (χ0v) is 9.69. The fourth-order valence-electron chi connectivity index (χ4n) is 1.75. The van der Waals surface area contributed by atoms with Crippen molar-refractivity contribution >= 4 is 10.2 Å². The predicted molar refractivity (Wildman–Crippen MR) is 56.2 cm³/mol. The Morgan fingerprint density at radius 2 is 1.93 bits per heavy atom. The Morgan fingerprint density at radius 3 is 2.43 bits per heavy atom. The molecule has 0 aromatic heterocycles. The third-order valence-corrected chi connectivity index (χ3v) is 3.79. The van der Waals surface area contributed by atoms with Crippen molar-refractivity contribution in [1.29, 1.82) is 0 Å². The molecule has 0 amide bonds. The molecule has 0 radical (unpaired) electrons. The van der Waals surface area contributed by atoms with Crippen LogP contribution in [0.5, 0.6) is 0 Å². The van der Waals surface area contributed by atoms with E-state index in [-0.39, 0.29) is 12.1 Å². The maximum Gasteiger partial charge on any atom is 0.276 e. The lowest BCUT2D eigenvalue weighted by atomic mass is 9.96. The van der Waals surface area contributed by atoms with Crippen LogP contribution in [-0.2, 0) is 10.2 Å². The minimum absolute atomic E-state index is 0.0105. The second-order valence-electron chi connectivity index (χ2n) is 3.87. The summed E-state index contributed by atoms with van der Waals surface area (Å²) in [5.41, 5.74) is 0. The van der Waals surface area contributed by atoms with Gasteiger partial charge in [-0.2, -0.15) is 13.1 Å². The molecular formula is C8H19N3O2S. The van der Waals surface area contributed by atoms with E-state index in [9.17, 15) is 8.42 Å². The van der Waals surface area contributed by atoms with Crippen LogP contribution < -0.4 is 14.8 Å². The molecule has 0 aromatic carbocycles. The number of rotatable bonds is 3. The third kappa shape index (κ3) is 3.20. The molecule has 1 aliphatic heterocycles. The summed E-state index contributed by atoms with van der Waals surface area (Å²) in [5.74, 6) is 0. The predicted octanol–water partition coefficient (Wildman–Crippen LogP) is -0.431. The van der Waals surface area contributed by atoms with Crippen molar-refractivity contribution < 1.29 is 8.42 Å². The molecule has 1 aliphatic rings. The van der Waals surface area contributed by atoms with Gasteiger partial charge >= 0.3 is 0 Å². The smallest absolute Gasteiger partial charge is 0.276 e. The number of hydrogen-bond donors (Lipinski definition) is 3. The molecule has 1 fully saturated rings. The first-order valence-corrected chi connectivity index (χ1v) is 6.40. The normalized spacial score (nSPS) is 34.4. The van der Waals surface area contributed by atoms with Crippen molar-refractivity contribution in [3.63, 3.8) is 0 Å². The monoisotopic (exact) mass is 221 g/mol. The fourth-order valence-corrected chi connectivity index (χ4v) is 2.59. The quantitative estimate of drug-likeness (QED) is 0.605. The number of nitrogens with one attached hydrogen (secondary N) is 3. The third-order valence-electron chi connectivity index (χ3n) is 2.64. The lowest BCUT2D eigenvalue weighted by Crippen LogP contribution is -2.56. The Labute approximate surface area is 85.8 Å². The summed E-state index contributed by atoms with van der Waals surface area (Å²) in [4.78, 5) is 0. The lowest BCUT2D eigenvalue weighted by molar-refractivity contribution is 0.296. The zero-order valence-electron chi connectivity index (χ0n) is 8.87. The molecule has 84 valence electrons. The Balaban J connectivity index is 2.54. The molecule has 6 heteroatoms. The van der Waals surface area contributed by atoms with Crippen molar-refractivity contribution in [3.8, 4) is 0 Å². The molecule has 0 saturated carbocycles. The second-order valence-corrected chi connectivity index (χ2v) is 5.52. The van der Waals surface area contributed by atoms with Crippen molar-refractivity contribution in [1.82, 2.24) is 14.8 Å². The van der Waals surface area contributed by atoms with Crippen molar-refractivity contribution in [3.05, 3.63) is 0 Å². The van der Waals surface area contributed by atoms with Crippen LogP contribution in [0.1, 0.15) is 26.7 Å². The molecule has 0 aromatic rings. The molecule has 0 spiro atoms. The Hall–Kier alpha value is -0.170. The van der Waals surface area contributed by atoms with E-state index in [0.717, 1.165) is 12.8 Å². The molecule has 14 heavy (non-hydrogen) atoms. The molecule has 1 heterocycles. The van der Waals surface area contributed by atoms with Gasteiger partial charge in [0, 0.05) is 25.2 Å². The summed E-state index contributed by atoms with van der Waals surface area (Å²) in [5, 5.41) is 3.32. The lowest BCUT2D eigenvalue weighted by Gasteiger charge is -2.34. The van der Waals surface area contributed by atoms with Crippen LogP contribution in [0.2, 0.25) is 0 Å². The van der Waals surface area contributed by atoms with Gasteiger partial charge in [0.15, 0.2) is 0 Å². The van der Waals surface area contributed by atoms with Crippen LogP contribution in [0.15, 0.2) is 0 Å². The molecule has 5 nitrogen and oxygen atoms in total. The maximum absolute atomic E-state index is 11.2. The van der Waals surface area contributed by atoms with E-state index in [4.69, 9.17) is 0 Å². The first-order chi connectivity index (χ1) is 6.44. The molecule has 0 aliphatic carbocycles. The van der Waals surface area contributed by atoms with Gasteiger partial charge in [-0.3, -0.25) is 0 Å². The van der Waals surface area contributed by atoms with Gasteiger partial charge in [0.25, 0.3) is 10.2 Å². The summed E-state index contributed by atoms with van der Waals surface area (Å²) >= 11 is 0. The Morgan fingerprint density at radius 1 is 1.29 bits per heavy atom. The van der Waals surface area contributed by atoms with E-state index in [2.05, 4.69) is 21.7 Å². The van der Waals surface area contributed by atoms with Crippen molar-refractivity contribution in [2.75, 3.05) is 7.05 Å². The first-order valence-electron chi connectivity index (χ1n) is 4.91. The average Bonchev–Trinajstić information content (AvgIpc) is 2.10. The molecule has 3 atom stereocenters. The molecule has 1 saturated heterocycles. The van der Waals surface area contributed by atoms with Gasteiger partial charge in [0.05, 0.1) is 0 Å². The SMILES string of the molecule is CNS(=O)(=O)NC1CCC(C)NC1C. The van der Waals surface area contributed by atoms with Crippen LogP contribution >= 0.6 is 0 Å². The van der Waals surface area contributed by atoms with E-state index < -0.39 is 10.2 Å².